The Morgan fingerprint density at radius 3 is 2.20 bits per heavy atom. The third kappa shape index (κ3) is 4.38. The highest BCUT2D eigenvalue weighted by Gasteiger charge is 2.38. The largest absolute Gasteiger partial charge is 0.465 e. The number of likely N-dealkylation sites (tertiary alicyclic amines) is 2. The predicted octanol–water partition coefficient (Wildman–Crippen LogP) is -1.81. The van der Waals surface area contributed by atoms with Crippen molar-refractivity contribution in [2.75, 3.05) is 26.2 Å². The van der Waals surface area contributed by atoms with Gasteiger partial charge in [-0.05, 0) is 19.8 Å². The Labute approximate surface area is 144 Å². The maximum Gasteiger partial charge on any atom is 0.407 e. The van der Waals surface area contributed by atoms with Gasteiger partial charge in [0.1, 0.15) is 0 Å². The zero-order chi connectivity index (χ0) is 18.7. The van der Waals surface area contributed by atoms with Crippen LogP contribution < -0.4 is 11.1 Å². The maximum absolute atomic E-state index is 12.5. The molecule has 10 heteroatoms. The Balaban J connectivity index is 1.84. The number of carbonyl (C=O) groups is 4. The molecule has 0 aromatic rings. The van der Waals surface area contributed by atoms with Gasteiger partial charge in [0.15, 0.2) is 6.10 Å². The number of hydrogen-bond acceptors (Lipinski definition) is 5. The normalized spacial score (nSPS) is 25.5. The molecule has 2 fully saturated rings. The Hall–Kier alpha value is -2.36. The van der Waals surface area contributed by atoms with Crippen LogP contribution in [0.5, 0.6) is 0 Å². The van der Waals surface area contributed by atoms with E-state index in [-0.39, 0.29) is 30.8 Å². The fourth-order valence-electron chi connectivity index (χ4n) is 3.24. The summed E-state index contributed by atoms with van der Waals surface area (Å²) in [7, 11) is 0. The Morgan fingerprint density at radius 1 is 1.08 bits per heavy atom. The number of nitrogens with zero attached hydrogens (tertiary/aromatic N) is 2. The second kappa shape index (κ2) is 7.68. The van der Waals surface area contributed by atoms with Crippen LogP contribution in [0.25, 0.3) is 0 Å². The van der Waals surface area contributed by atoms with Crippen LogP contribution in [-0.4, -0.2) is 82.2 Å². The average molecular weight is 356 g/mol. The first-order valence-corrected chi connectivity index (χ1v) is 8.25. The highest BCUT2D eigenvalue weighted by Crippen LogP contribution is 2.24. The van der Waals surface area contributed by atoms with Crippen LogP contribution in [0.15, 0.2) is 0 Å². The number of hydrogen-bond donors (Lipinski definition) is 4. The van der Waals surface area contributed by atoms with E-state index in [2.05, 4.69) is 5.32 Å². The lowest BCUT2D eigenvalue weighted by Gasteiger charge is -2.22. The van der Waals surface area contributed by atoms with E-state index >= 15 is 0 Å². The summed E-state index contributed by atoms with van der Waals surface area (Å²) in [5.74, 6) is -2.19. The zero-order valence-corrected chi connectivity index (χ0v) is 14.1. The molecule has 0 bridgehead atoms. The first-order chi connectivity index (χ1) is 11.7. The average Bonchev–Trinajstić information content (AvgIpc) is 3.22. The van der Waals surface area contributed by atoms with E-state index in [1.54, 1.807) is 4.90 Å². The highest BCUT2D eigenvalue weighted by molar-refractivity contribution is 5.85. The number of rotatable bonds is 5. The van der Waals surface area contributed by atoms with Crippen LogP contribution in [0, 0.1) is 11.8 Å². The van der Waals surface area contributed by atoms with E-state index in [0.29, 0.717) is 25.9 Å². The molecular formula is C15H24N4O6. The molecule has 0 aromatic carbocycles. The lowest BCUT2D eigenvalue weighted by atomic mass is 10.1. The van der Waals surface area contributed by atoms with Crippen molar-refractivity contribution < 1.29 is 29.4 Å². The van der Waals surface area contributed by atoms with Gasteiger partial charge in [-0.3, -0.25) is 14.4 Å². The Morgan fingerprint density at radius 2 is 1.64 bits per heavy atom. The number of carboxylic acid groups (broad SMARTS) is 1. The Kier molecular flexibility index (Phi) is 5.83. The van der Waals surface area contributed by atoms with Crippen molar-refractivity contribution in [2.45, 2.75) is 31.9 Å². The topological polar surface area (TPSA) is 153 Å². The van der Waals surface area contributed by atoms with Gasteiger partial charge in [0.05, 0.1) is 17.9 Å². The molecule has 10 nitrogen and oxygen atoms in total. The van der Waals surface area contributed by atoms with E-state index in [9.17, 15) is 24.3 Å². The number of primary amides is 1. The lowest BCUT2D eigenvalue weighted by Crippen LogP contribution is -2.49. The van der Waals surface area contributed by atoms with E-state index in [1.165, 1.54) is 11.8 Å². The summed E-state index contributed by atoms with van der Waals surface area (Å²) in [5.41, 5.74) is 4.99. The van der Waals surface area contributed by atoms with Gasteiger partial charge < -0.3 is 31.1 Å². The highest BCUT2D eigenvalue weighted by atomic mass is 16.4. The fraction of sp³-hybridized carbons (Fsp3) is 0.733. The molecule has 2 aliphatic rings. The molecule has 5 N–H and O–H groups in total. The van der Waals surface area contributed by atoms with Gasteiger partial charge in [0, 0.05) is 26.2 Å². The maximum atomic E-state index is 12.5. The SMILES string of the molecule is C[C@H](NC(=O)[C@@H]1CCN(C(=O)[C@H]2CCN(C(=O)O)C2)C1)[C@@H](O)C(N)=O. The molecule has 0 radical (unpaired) electrons. The van der Waals surface area contributed by atoms with Crippen molar-refractivity contribution >= 4 is 23.8 Å². The summed E-state index contributed by atoms with van der Waals surface area (Å²) in [5, 5.41) is 21.0. The molecule has 2 heterocycles. The summed E-state index contributed by atoms with van der Waals surface area (Å²) in [6.07, 6.45) is -1.54. The fourth-order valence-corrected chi connectivity index (χ4v) is 3.24. The molecule has 2 rings (SSSR count). The van der Waals surface area contributed by atoms with Crippen LogP contribution in [0.3, 0.4) is 0 Å². The number of nitrogens with two attached hydrogens (primary N) is 1. The van der Waals surface area contributed by atoms with E-state index in [1.807, 2.05) is 0 Å². The molecule has 2 aliphatic heterocycles. The monoisotopic (exact) mass is 356 g/mol. The number of nitrogens with one attached hydrogen (secondary N) is 1. The number of aliphatic hydroxyl groups excluding tert-OH is 1. The van der Waals surface area contributed by atoms with Crippen molar-refractivity contribution in [1.82, 2.24) is 15.1 Å². The van der Waals surface area contributed by atoms with Crippen LogP contribution in [-0.2, 0) is 14.4 Å². The number of carbonyl (C=O) groups excluding carboxylic acids is 3. The van der Waals surface area contributed by atoms with Crippen LogP contribution in [0.2, 0.25) is 0 Å². The zero-order valence-electron chi connectivity index (χ0n) is 14.1. The number of amides is 4. The third-order valence-corrected chi connectivity index (χ3v) is 4.81. The molecule has 0 unspecified atom stereocenters. The van der Waals surface area contributed by atoms with Crippen LogP contribution >= 0.6 is 0 Å². The molecule has 25 heavy (non-hydrogen) atoms. The standard InChI is InChI=1S/C15H24N4O6/c1-8(11(20)12(16)21)17-13(22)9-2-4-18(6-9)14(23)10-3-5-19(7-10)15(24)25/h8-11,20H,2-7H2,1H3,(H2,16,21)(H,17,22)(H,24,25)/t8-,9+,10-,11+/m0/s1. The van der Waals surface area contributed by atoms with Crippen molar-refractivity contribution in [3.63, 3.8) is 0 Å². The summed E-state index contributed by atoms with van der Waals surface area (Å²) in [6.45, 7) is 2.67. The van der Waals surface area contributed by atoms with Gasteiger partial charge in [0.2, 0.25) is 17.7 Å². The van der Waals surface area contributed by atoms with Gasteiger partial charge in [-0.2, -0.15) is 0 Å². The molecule has 0 spiro atoms. The number of aliphatic hydroxyl groups is 1. The Bertz CT molecular complexity index is 568. The lowest BCUT2D eigenvalue weighted by molar-refractivity contribution is -0.134. The summed E-state index contributed by atoms with van der Waals surface area (Å²) < 4.78 is 0. The summed E-state index contributed by atoms with van der Waals surface area (Å²) >= 11 is 0. The van der Waals surface area contributed by atoms with Gasteiger partial charge in [0.25, 0.3) is 0 Å². The molecule has 0 aromatic heterocycles. The first kappa shape index (κ1) is 19.0. The van der Waals surface area contributed by atoms with E-state index in [4.69, 9.17) is 10.8 Å². The quantitative estimate of drug-likeness (QED) is 0.455. The van der Waals surface area contributed by atoms with E-state index < -0.39 is 30.1 Å². The van der Waals surface area contributed by atoms with Gasteiger partial charge in [-0.25, -0.2) is 4.79 Å². The van der Waals surface area contributed by atoms with Gasteiger partial charge >= 0.3 is 6.09 Å². The van der Waals surface area contributed by atoms with Crippen molar-refractivity contribution in [3.8, 4) is 0 Å². The second-order valence-electron chi connectivity index (χ2n) is 6.63. The first-order valence-electron chi connectivity index (χ1n) is 8.25. The van der Waals surface area contributed by atoms with Crippen LogP contribution in [0.1, 0.15) is 19.8 Å². The summed E-state index contributed by atoms with van der Waals surface area (Å²) in [6, 6.07) is -0.811. The van der Waals surface area contributed by atoms with Crippen molar-refractivity contribution in [2.24, 2.45) is 17.6 Å². The summed E-state index contributed by atoms with van der Waals surface area (Å²) in [4.78, 5) is 49.4. The minimum Gasteiger partial charge on any atom is -0.465 e. The molecule has 4 amide bonds. The molecule has 4 atom stereocenters. The second-order valence-corrected chi connectivity index (χ2v) is 6.63. The smallest absolute Gasteiger partial charge is 0.407 e. The van der Waals surface area contributed by atoms with Gasteiger partial charge in [-0.1, -0.05) is 0 Å². The van der Waals surface area contributed by atoms with Crippen molar-refractivity contribution in [3.05, 3.63) is 0 Å². The van der Waals surface area contributed by atoms with Crippen molar-refractivity contribution in [1.29, 1.82) is 0 Å². The molecular weight excluding hydrogens is 332 g/mol. The third-order valence-electron chi connectivity index (χ3n) is 4.81. The van der Waals surface area contributed by atoms with Crippen LogP contribution in [0.4, 0.5) is 4.79 Å². The molecule has 0 aliphatic carbocycles. The minimum absolute atomic E-state index is 0.135. The molecule has 0 saturated carbocycles. The van der Waals surface area contributed by atoms with E-state index in [0.717, 1.165) is 0 Å². The predicted molar refractivity (Wildman–Crippen MR) is 85.2 cm³/mol. The molecule has 140 valence electrons. The van der Waals surface area contributed by atoms with Gasteiger partial charge in [-0.15, -0.1) is 0 Å². The molecule has 2 saturated heterocycles. The minimum atomic E-state index is -1.47.